The lowest BCUT2D eigenvalue weighted by Gasteiger charge is -2.04. The molecule has 0 aliphatic rings. The standard InChI is InChI=1S/C11H12BrN3OS/c12-9-3-8-17-10(9)11(16)13-4-1-6-15-7-2-5-14-15/h2-3,5,7-8H,1,4,6H2,(H,13,16). The maximum atomic E-state index is 11.7. The van der Waals surface area contributed by atoms with Gasteiger partial charge in [-0.15, -0.1) is 11.3 Å². The quantitative estimate of drug-likeness (QED) is 0.862. The van der Waals surface area contributed by atoms with Crippen LogP contribution in [0.15, 0.2) is 34.4 Å². The predicted octanol–water partition coefficient (Wildman–Crippen LogP) is 2.53. The molecule has 0 atom stereocenters. The van der Waals surface area contributed by atoms with Crippen molar-refractivity contribution >= 4 is 33.2 Å². The Kier molecular flexibility index (Phi) is 4.33. The van der Waals surface area contributed by atoms with Gasteiger partial charge in [-0.1, -0.05) is 0 Å². The van der Waals surface area contributed by atoms with Crippen LogP contribution in [0.5, 0.6) is 0 Å². The minimum absolute atomic E-state index is 0.0210. The second kappa shape index (κ2) is 5.97. The molecule has 0 radical (unpaired) electrons. The highest BCUT2D eigenvalue weighted by atomic mass is 79.9. The largest absolute Gasteiger partial charge is 0.351 e. The Morgan fingerprint density at radius 1 is 1.59 bits per heavy atom. The molecular weight excluding hydrogens is 302 g/mol. The molecule has 0 saturated heterocycles. The first-order valence-corrected chi connectivity index (χ1v) is 6.93. The van der Waals surface area contributed by atoms with E-state index in [1.165, 1.54) is 11.3 Å². The van der Waals surface area contributed by atoms with Crippen LogP contribution in [0.4, 0.5) is 0 Å². The van der Waals surface area contributed by atoms with Crippen LogP contribution >= 0.6 is 27.3 Å². The van der Waals surface area contributed by atoms with Crippen LogP contribution in [0.2, 0.25) is 0 Å². The van der Waals surface area contributed by atoms with Crippen molar-refractivity contribution in [3.63, 3.8) is 0 Å². The second-order valence-electron chi connectivity index (χ2n) is 3.48. The van der Waals surface area contributed by atoms with Crippen LogP contribution in [0.25, 0.3) is 0 Å². The highest BCUT2D eigenvalue weighted by Gasteiger charge is 2.10. The molecule has 17 heavy (non-hydrogen) atoms. The van der Waals surface area contributed by atoms with Crippen molar-refractivity contribution in [3.8, 4) is 0 Å². The van der Waals surface area contributed by atoms with Crippen molar-refractivity contribution in [2.24, 2.45) is 0 Å². The van der Waals surface area contributed by atoms with E-state index in [0.29, 0.717) is 6.54 Å². The molecule has 0 fully saturated rings. The number of aryl methyl sites for hydroxylation is 1. The van der Waals surface area contributed by atoms with Gasteiger partial charge in [0.25, 0.3) is 5.91 Å². The Hall–Kier alpha value is -1.14. The molecule has 2 heterocycles. The summed E-state index contributed by atoms with van der Waals surface area (Å²) in [5.41, 5.74) is 0. The zero-order valence-electron chi connectivity index (χ0n) is 9.10. The first-order valence-electron chi connectivity index (χ1n) is 5.26. The summed E-state index contributed by atoms with van der Waals surface area (Å²) in [6.45, 7) is 1.47. The Balaban J connectivity index is 1.72. The van der Waals surface area contributed by atoms with Crippen LogP contribution in [-0.2, 0) is 6.54 Å². The molecule has 2 rings (SSSR count). The van der Waals surface area contributed by atoms with Crippen molar-refractivity contribution < 1.29 is 4.79 Å². The first kappa shape index (κ1) is 12.3. The van der Waals surface area contributed by atoms with Gasteiger partial charge in [-0.3, -0.25) is 9.48 Å². The zero-order valence-corrected chi connectivity index (χ0v) is 11.5. The number of nitrogens with one attached hydrogen (secondary N) is 1. The molecule has 2 aromatic heterocycles. The lowest BCUT2D eigenvalue weighted by atomic mass is 10.4. The van der Waals surface area contributed by atoms with Gasteiger partial charge in [0.15, 0.2) is 0 Å². The van der Waals surface area contributed by atoms with E-state index in [1.807, 2.05) is 28.4 Å². The third-order valence-electron chi connectivity index (χ3n) is 2.23. The molecule has 1 amide bonds. The Morgan fingerprint density at radius 3 is 3.12 bits per heavy atom. The minimum atomic E-state index is -0.0210. The van der Waals surface area contributed by atoms with E-state index in [9.17, 15) is 4.79 Å². The van der Waals surface area contributed by atoms with Crippen molar-refractivity contribution in [1.29, 1.82) is 0 Å². The van der Waals surface area contributed by atoms with E-state index < -0.39 is 0 Å². The third-order valence-corrected chi connectivity index (χ3v) is 4.07. The lowest BCUT2D eigenvalue weighted by Crippen LogP contribution is -2.24. The van der Waals surface area contributed by atoms with Gasteiger partial charge < -0.3 is 5.32 Å². The molecule has 0 aromatic carbocycles. The molecule has 2 aromatic rings. The summed E-state index contributed by atoms with van der Waals surface area (Å²) in [5, 5.41) is 8.88. The van der Waals surface area contributed by atoms with E-state index in [1.54, 1.807) is 6.20 Å². The van der Waals surface area contributed by atoms with E-state index >= 15 is 0 Å². The molecule has 0 saturated carbocycles. The predicted molar refractivity (Wildman–Crippen MR) is 71.2 cm³/mol. The number of nitrogens with zero attached hydrogens (tertiary/aromatic N) is 2. The molecule has 0 bridgehead atoms. The molecule has 4 nitrogen and oxygen atoms in total. The van der Waals surface area contributed by atoms with Gasteiger partial charge in [-0.2, -0.15) is 5.10 Å². The Bertz CT molecular complexity index is 481. The molecule has 0 aliphatic heterocycles. The van der Waals surface area contributed by atoms with Gasteiger partial charge in [-0.25, -0.2) is 0 Å². The highest BCUT2D eigenvalue weighted by molar-refractivity contribution is 9.10. The fraction of sp³-hybridized carbons (Fsp3) is 0.273. The number of thiophene rings is 1. The molecule has 90 valence electrons. The van der Waals surface area contributed by atoms with Gasteiger partial charge in [-0.05, 0) is 39.9 Å². The highest BCUT2D eigenvalue weighted by Crippen LogP contribution is 2.22. The molecule has 0 spiro atoms. The van der Waals surface area contributed by atoms with Gasteiger partial charge in [0.2, 0.25) is 0 Å². The van der Waals surface area contributed by atoms with E-state index in [-0.39, 0.29) is 5.91 Å². The van der Waals surface area contributed by atoms with Crippen molar-refractivity contribution in [2.75, 3.05) is 6.54 Å². The fourth-order valence-corrected chi connectivity index (χ4v) is 2.88. The molecule has 0 aliphatic carbocycles. The number of hydrogen-bond donors (Lipinski definition) is 1. The van der Waals surface area contributed by atoms with Crippen LogP contribution in [-0.4, -0.2) is 22.2 Å². The summed E-state index contributed by atoms with van der Waals surface area (Å²) in [6.07, 6.45) is 4.54. The number of hydrogen-bond acceptors (Lipinski definition) is 3. The van der Waals surface area contributed by atoms with Crippen LogP contribution in [0.3, 0.4) is 0 Å². The SMILES string of the molecule is O=C(NCCCn1cccn1)c1sccc1Br. The number of carbonyl (C=O) groups excluding carboxylic acids is 1. The van der Waals surface area contributed by atoms with E-state index in [4.69, 9.17) is 0 Å². The summed E-state index contributed by atoms with van der Waals surface area (Å²) in [4.78, 5) is 12.5. The number of aromatic nitrogens is 2. The summed E-state index contributed by atoms with van der Waals surface area (Å²) in [7, 11) is 0. The van der Waals surface area contributed by atoms with Gasteiger partial charge >= 0.3 is 0 Å². The number of carbonyl (C=O) groups is 1. The van der Waals surface area contributed by atoms with Crippen molar-refractivity contribution in [1.82, 2.24) is 15.1 Å². The summed E-state index contributed by atoms with van der Waals surface area (Å²) < 4.78 is 2.71. The second-order valence-corrected chi connectivity index (χ2v) is 5.25. The van der Waals surface area contributed by atoms with Crippen LogP contribution in [0, 0.1) is 0 Å². The molecule has 6 heteroatoms. The molecule has 1 N–H and O–H groups in total. The van der Waals surface area contributed by atoms with Crippen molar-refractivity contribution in [3.05, 3.63) is 39.3 Å². The average molecular weight is 314 g/mol. The zero-order chi connectivity index (χ0) is 12.1. The number of halogens is 1. The van der Waals surface area contributed by atoms with E-state index in [2.05, 4.69) is 26.3 Å². The molecule has 0 unspecified atom stereocenters. The summed E-state index contributed by atoms with van der Waals surface area (Å²) in [5.74, 6) is -0.0210. The monoisotopic (exact) mass is 313 g/mol. The van der Waals surface area contributed by atoms with Gasteiger partial charge in [0, 0.05) is 30.0 Å². The summed E-state index contributed by atoms with van der Waals surface area (Å²) in [6, 6.07) is 3.77. The Labute approximate surface area is 112 Å². The lowest BCUT2D eigenvalue weighted by molar-refractivity contribution is 0.0956. The average Bonchev–Trinajstić information content (AvgIpc) is 2.95. The first-order chi connectivity index (χ1) is 8.27. The third kappa shape index (κ3) is 3.41. The topological polar surface area (TPSA) is 46.9 Å². The number of amides is 1. The normalized spacial score (nSPS) is 10.4. The smallest absolute Gasteiger partial charge is 0.262 e. The van der Waals surface area contributed by atoms with Crippen LogP contribution < -0.4 is 5.32 Å². The van der Waals surface area contributed by atoms with Crippen LogP contribution in [0.1, 0.15) is 16.1 Å². The summed E-state index contributed by atoms with van der Waals surface area (Å²) >= 11 is 4.78. The fourth-order valence-electron chi connectivity index (χ4n) is 1.41. The minimum Gasteiger partial charge on any atom is -0.351 e. The maximum Gasteiger partial charge on any atom is 0.262 e. The Morgan fingerprint density at radius 2 is 2.47 bits per heavy atom. The van der Waals surface area contributed by atoms with Gasteiger partial charge in [0.05, 0.1) is 0 Å². The molecular formula is C11H12BrN3OS. The maximum absolute atomic E-state index is 11.7. The van der Waals surface area contributed by atoms with E-state index in [0.717, 1.165) is 22.3 Å². The van der Waals surface area contributed by atoms with Gasteiger partial charge in [0.1, 0.15) is 4.88 Å². The van der Waals surface area contributed by atoms with Crippen molar-refractivity contribution in [2.45, 2.75) is 13.0 Å². The number of rotatable bonds is 5.